The topological polar surface area (TPSA) is 74.7 Å². The van der Waals surface area contributed by atoms with Crippen molar-refractivity contribution in [3.63, 3.8) is 0 Å². The maximum atomic E-state index is 13.0. The molecule has 1 aromatic rings. The molecule has 0 aliphatic heterocycles. The fourth-order valence-corrected chi connectivity index (χ4v) is 3.37. The third-order valence-corrected chi connectivity index (χ3v) is 4.43. The summed E-state index contributed by atoms with van der Waals surface area (Å²) >= 11 is 0. The van der Waals surface area contributed by atoms with Gasteiger partial charge in [-0.05, 0) is 31.5 Å². The molecule has 1 aromatic carbocycles. The molecule has 0 spiro atoms. The average Bonchev–Trinajstić information content (AvgIpc) is 2.24. The van der Waals surface area contributed by atoms with Crippen molar-refractivity contribution >= 4 is 16.0 Å². The van der Waals surface area contributed by atoms with Gasteiger partial charge in [0, 0.05) is 6.04 Å². The lowest BCUT2D eigenvalue weighted by molar-refractivity contribution is -0.137. The lowest BCUT2D eigenvalue weighted by Gasteiger charge is -2.24. The second-order valence-electron chi connectivity index (χ2n) is 4.42. The highest BCUT2D eigenvalue weighted by Gasteiger charge is 2.27. The van der Waals surface area contributed by atoms with Crippen LogP contribution in [0.4, 0.5) is 4.39 Å². The summed E-state index contributed by atoms with van der Waals surface area (Å²) in [4.78, 5) is 10.7. The summed E-state index contributed by atoms with van der Waals surface area (Å²) in [6, 6.07) is 4.76. The summed E-state index contributed by atoms with van der Waals surface area (Å²) in [7, 11) is -3.80. The minimum Gasteiger partial charge on any atom is -0.480 e. The number of benzene rings is 1. The van der Waals surface area contributed by atoms with Crippen LogP contribution in [0.25, 0.3) is 0 Å². The molecule has 0 heterocycles. The predicted octanol–water partition coefficient (Wildman–Crippen LogP) is 1.45. The molecule has 1 rings (SSSR count). The van der Waals surface area contributed by atoms with Crippen LogP contribution in [0.15, 0.2) is 24.3 Å². The Morgan fingerprint density at radius 3 is 2.53 bits per heavy atom. The van der Waals surface area contributed by atoms with Gasteiger partial charge in [0.05, 0.1) is 5.75 Å². The SMILES string of the molecule is CC(C)N(CC(=O)O)S(=O)(=O)Cc1cccc(F)c1. The largest absolute Gasteiger partial charge is 0.480 e. The van der Waals surface area contributed by atoms with E-state index in [0.29, 0.717) is 0 Å². The average molecular weight is 289 g/mol. The number of aliphatic carboxylic acids is 1. The molecule has 7 heteroatoms. The Morgan fingerprint density at radius 1 is 1.42 bits per heavy atom. The fraction of sp³-hybridized carbons (Fsp3) is 0.417. The van der Waals surface area contributed by atoms with E-state index in [2.05, 4.69) is 0 Å². The third-order valence-electron chi connectivity index (χ3n) is 2.46. The van der Waals surface area contributed by atoms with Crippen molar-refractivity contribution in [1.82, 2.24) is 4.31 Å². The summed E-state index contributed by atoms with van der Waals surface area (Å²) < 4.78 is 38.2. The Kier molecular flexibility index (Phi) is 5.02. The molecular formula is C12H16FNO4S. The highest BCUT2D eigenvalue weighted by molar-refractivity contribution is 7.88. The summed E-state index contributed by atoms with van der Waals surface area (Å²) in [6.07, 6.45) is 0. The number of hydrogen-bond donors (Lipinski definition) is 1. The van der Waals surface area contributed by atoms with Crippen molar-refractivity contribution in [1.29, 1.82) is 0 Å². The van der Waals surface area contributed by atoms with Gasteiger partial charge in [0.2, 0.25) is 10.0 Å². The Labute approximate surface area is 111 Å². The molecular weight excluding hydrogens is 273 g/mol. The van der Waals surface area contributed by atoms with Gasteiger partial charge in [0.25, 0.3) is 0 Å². The molecule has 0 saturated heterocycles. The summed E-state index contributed by atoms with van der Waals surface area (Å²) in [5.41, 5.74) is 0.288. The van der Waals surface area contributed by atoms with Crippen LogP contribution in [0, 0.1) is 5.82 Å². The minimum atomic E-state index is -3.80. The smallest absolute Gasteiger partial charge is 0.318 e. The van der Waals surface area contributed by atoms with Crippen LogP contribution in [0.5, 0.6) is 0 Å². The zero-order chi connectivity index (χ0) is 14.6. The number of sulfonamides is 1. The summed E-state index contributed by atoms with van der Waals surface area (Å²) in [6.45, 7) is 2.58. The number of carbonyl (C=O) groups is 1. The van der Waals surface area contributed by atoms with Crippen LogP contribution in [0.3, 0.4) is 0 Å². The first kappa shape index (κ1) is 15.6. The molecule has 0 aromatic heterocycles. The highest BCUT2D eigenvalue weighted by Crippen LogP contribution is 2.14. The molecule has 0 bridgehead atoms. The van der Waals surface area contributed by atoms with Crippen molar-refractivity contribution in [2.24, 2.45) is 0 Å². The second-order valence-corrected chi connectivity index (χ2v) is 6.34. The van der Waals surface area contributed by atoms with Gasteiger partial charge in [0.1, 0.15) is 12.4 Å². The van der Waals surface area contributed by atoms with E-state index in [-0.39, 0.29) is 5.56 Å². The standard InChI is InChI=1S/C12H16FNO4S/c1-9(2)14(7-12(15)16)19(17,18)8-10-4-3-5-11(13)6-10/h3-6,9H,7-8H2,1-2H3,(H,15,16). The second kappa shape index (κ2) is 6.12. The Bertz CT molecular complexity index is 557. The van der Waals surface area contributed by atoms with Gasteiger partial charge in [-0.25, -0.2) is 12.8 Å². The van der Waals surface area contributed by atoms with E-state index in [1.54, 1.807) is 13.8 Å². The van der Waals surface area contributed by atoms with Crippen molar-refractivity contribution in [3.05, 3.63) is 35.6 Å². The first-order valence-corrected chi connectivity index (χ1v) is 7.29. The van der Waals surface area contributed by atoms with E-state index in [1.807, 2.05) is 0 Å². The number of nitrogens with zero attached hydrogens (tertiary/aromatic N) is 1. The molecule has 0 fully saturated rings. The number of halogens is 1. The molecule has 0 amide bonds. The first-order valence-electron chi connectivity index (χ1n) is 5.68. The Balaban J connectivity index is 2.98. The zero-order valence-corrected chi connectivity index (χ0v) is 11.5. The summed E-state index contributed by atoms with van der Waals surface area (Å²) in [5, 5.41) is 8.74. The zero-order valence-electron chi connectivity index (χ0n) is 10.7. The number of carboxylic acid groups (broad SMARTS) is 1. The van der Waals surface area contributed by atoms with E-state index in [1.165, 1.54) is 18.2 Å². The molecule has 0 radical (unpaired) electrons. The third kappa shape index (κ3) is 4.60. The molecule has 0 saturated carbocycles. The van der Waals surface area contributed by atoms with Crippen LogP contribution in [-0.2, 0) is 20.6 Å². The minimum absolute atomic E-state index is 0.288. The van der Waals surface area contributed by atoms with Gasteiger partial charge >= 0.3 is 5.97 Å². The molecule has 0 aliphatic carbocycles. The molecule has 106 valence electrons. The Hall–Kier alpha value is -1.47. The van der Waals surface area contributed by atoms with E-state index in [0.717, 1.165) is 10.4 Å². The van der Waals surface area contributed by atoms with Crippen LogP contribution >= 0.6 is 0 Å². The van der Waals surface area contributed by atoms with Gasteiger partial charge in [-0.3, -0.25) is 4.79 Å². The van der Waals surface area contributed by atoms with Crippen LogP contribution in [0.2, 0.25) is 0 Å². The van der Waals surface area contributed by atoms with Crippen LogP contribution in [-0.4, -0.2) is 36.4 Å². The van der Waals surface area contributed by atoms with Gasteiger partial charge < -0.3 is 5.11 Å². The number of carboxylic acids is 1. The lowest BCUT2D eigenvalue weighted by Crippen LogP contribution is -2.41. The van der Waals surface area contributed by atoms with E-state index >= 15 is 0 Å². The maximum Gasteiger partial charge on any atom is 0.318 e. The normalized spacial score (nSPS) is 12.1. The quantitative estimate of drug-likeness (QED) is 0.860. The van der Waals surface area contributed by atoms with Crippen molar-refractivity contribution < 1.29 is 22.7 Å². The predicted molar refractivity (Wildman–Crippen MR) is 68.5 cm³/mol. The van der Waals surface area contributed by atoms with Crippen LogP contribution in [0.1, 0.15) is 19.4 Å². The van der Waals surface area contributed by atoms with Crippen LogP contribution < -0.4 is 0 Å². The van der Waals surface area contributed by atoms with Crippen molar-refractivity contribution in [2.75, 3.05) is 6.54 Å². The molecule has 19 heavy (non-hydrogen) atoms. The van der Waals surface area contributed by atoms with Gasteiger partial charge in [-0.15, -0.1) is 0 Å². The molecule has 0 aliphatic rings. The van der Waals surface area contributed by atoms with E-state index in [4.69, 9.17) is 5.11 Å². The van der Waals surface area contributed by atoms with E-state index < -0.39 is 40.1 Å². The van der Waals surface area contributed by atoms with Crippen molar-refractivity contribution in [3.8, 4) is 0 Å². The van der Waals surface area contributed by atoms with Gasteiger partial charge in [-0.2, -0.15) is 4.31 Å². The highest BCUT2D eigenvalue weighted by atomic mass is 32.2. The fourth-order valence-electron chi connectivity index (χ4n) is 1.66. The van der Waals surface area contributed by atoms with E-state index in [9.17, 15) is 17.6 Å². The maximum absolute atomic E-state index is 13.0. The lowest BCUT2D eigenvalue weighted by atomic mass is 10.2. The van der Waals surface area contributed by atoms with Gasteiger partial charge in [0.15, 0.2) is 0 Å². The summed E-state index contributed by atoms with van der Waals surface area (Å²) in [5.74, 6) is -2.17. The van der Waals surface area contributed by atoms with Crippen molar-refractivity contribution in [2.45, 2.75) is 25.6 Å². The molecule has 5 nitrogen and oxygen atoms in total. The molecule has 1 N–H and O–H groups in total. The number of hydrogen-bond acceptors (Lipinski definition) is 3. The number of rotatable bonds is 6. The molecule has 0 atom stereocenters. The van der Waals surface area contributed by atoms with Gasteiger partial charge in [-0.1, -0.05) is 12.1 Å². The molecule has 0 unspecified atom stereocenters. The first-order chi connectivity index (χ1) is 8.72. The Morgan fingerprint density at radius 2 is 2.05 bits per heavy atom. The monoisotopic (exact) mass is 289 g/mol.